The summed E-state index contributed by atoms with van der Waals surface area (Å²) >= 11 is 3.05. The van der Waals surface area contributed by atoms with E-state index in [1.165, 1.54) is 6.07 Å². The Morgan fingerprint density at radius 2 is 2.00 bits per heavy atom. The number of halogens is 4. The average molecular weight is 308 g/mol. The van der Waals surface area contributed by atoms with Gasteiger partial charge in [-0.05, 0) is 31.7 Å². The lowest BCUT2D eigenvalue weighted by molar-refractivity contribution is -0.138. The highest BCUT2D eigenvalue weighted by Crippen LogP contribution is 2.37. The van der Waals surface area contributed by atoms with Crippen LogP contribution in [0.3, 0.4) is 0 Å². The van der Waals surface area contributed by atoms with Crippen LogP contribution < -0.4 is 5.32 Å². The maximum Gasteiger partial charge on any atom is 0.416 e. The highest BCUT2D eigenvalue weighted by molar-refractivity contribution is 9.10. The molecule has 5 heteroatoms. The lowest BCUT2D eigenvalue weighted by Crippen LogP contribution is -2.21. The minimum Gasteiger partial charge on any atom is -0.310 e. The third-order valence-electron chi connectivity index (χ3n) is 2.41. The molecule has 17 heavy (non-hydrogen) atoms. The molecule has 0 heterocycles. The van der Waals surface area contributed by atoms with E-state index in [9.17, 15) is 13.2 Å². The van der Waals surface area contributed by atoms with Crippen LogP contribution in [0.25, 0.3) is 0 Å². The van der Waals surface area contributed by atoms with E-state index in [0.717, 1.165) is 6.07 Å². The molecule has 0 aromatic heterocycles. The van der Waals surface area contributed by atoms with Crippen molar-refractivity contribution in [3.05, 3.63) is 46.0 Å². The van der Waals surface area contributed by atoms with Crippen LogP contribution in [0, 0.1) is 0 Å². The first-order valence-corrected chi connectivity index (χ1v) is 5.76. The van der Waals surface area contributed by atoms with Crippen molar-refractivity contribution >= 4 is 15.9 Å². The van der Waals surface area contributed by atoms with Crippen LogP contribution in [-0.4, -0.2) is 7.05 Å². The zero-order valence-electron chi connectivity index (χ0n) is 9.53. The normalized spacial score (nSPS) is 13.5. The lowest BCUT2D eigenvalue weighted by Gasteiger charge is -2.21. The largest absolute Gasteiger partial charge is 0.416 e. The van der Waals surface area contributed by atoms with Crippen LogP contribution in [0.5, 0.6) is 0 Å². The molecule has 1 rings (SSSR count). The monoisotopic (exact) mass is 307 g/mol. The quantitative estimate of drug-likeness (QED) is 0.821. The van der Waals surface area contributed by atoms with E-state index in [1.807, 2.05) is 0 Å². The molecule has 0 saturated heterocycles. The number of rotatable bonds is 3. The Hall–Kier alpha value is -0.810. The number of benzene rings is 1. The van der Waals surface area contributed by atoms with E-state index in [2.05, 4.69) is 27.8 Å². The first kappa shape index (κ1) is 14.3. The molecule has 1 aromatic carbocycles. The minimum atomic E-state index is -4.37. The van der Waals surface area contributed by atoms with Gasteiger partial charge < -0.3 is 5.32 Å². The van der Waals surface area contributed by atoms with Crippen LogP contribution in [0.15, 0.2) is 34.8 Å². The van der Waals surface area contributed by atoms with Gasteiger partial charge >= 0.3 is 6.18 Å². The molecular formula is C12H13BrF3N. The highest BCUT2D eigenvalue weighted by Gasteiger charge is 2.35. The zero-order chi connectivity index (χ0) is 13.2. The van der Waals surface area contributed by atoms with E-state index >= 15 is 0 Å². The van der Waals surface area contributed by atoms with Crippen molar-refractivity contribution in [1.29, 1.82) is 0 Å². The summed E-state index contributed by atoms with van der Waals surface area (Å²) in [5.41, 5.74) is 0.185. The Labute approximate surface area is 107 Å². The van der Waals surface area contributed by atoms with Crippen LogP contribution >= 0.6 is 15.9 Å². The summed E-state index contributed by atoms with van der Waals surface area (Å²) in [7, 11) is 1.61. The maximum atomic E-state index is 12.9. The second kappa shape index (κ2) is 5.23. The molecule has 94 valence electrons. The van der Waals surface area contributed by atoms with E-state index in [-0.39, 0.29) is 5.56 Å². The first-order valence-electron chi connectivity index (χ1n) is 4.96. The molecular weight excluding hydrogens is 295 g/mol. The van der Waals surface area contributed by atoms with Gasteiger partial charge in [-0.25, -0.2) is 0 Å². The molecule has 0 aliphatic rings. The van der Waals surface area contributed by atoms with E-state index < -0.39 is 17.8 Å². The van der Waals surface area contributed by atoms with Crippen LogP contribution in [0.1, 0.15) is 24.1 Å². The summed E-state index contributed by atoms with van der Waals surface area (Å²) in [6.45, 7) is 5.40. The Morgan fingerprint density at radius 1 is 1.41 bits per heavy atom. The van der Waals surface area contributed by atoms with E-state index in [4.69, 9.17) is 0 Å². The fourth-order valence-corrected chi connectivity index (χ4v) is 2.05. The Kier molecular flexibility index (Phi) is 4.38. The van der Waals surface area contributed by atoms with Gasteiger partial charge in [0, 0.05) is 4.47 Å². The fourth-order valence-electron chi connectivity index (χ4n) is 1.69. The summed E-state index contributed by atoms with van der Waals surface area (Å²) in [5, 5.41) is 2.83. The smallest absolute Gasteiger partial charge is 0.310 e. The summed E-state index contributed by atoms with van der Waals surface area (Å²) < 4.78 is 39.1. The number of nitrogens with one attached hydrogen (secondary N) is 1. The van der Waals surface area contributed by atoms with Crippen molar-refractivity contribution in [2.45, 2.75) is 19.1 Å². The molecule has 0 fully saturated rings. The third-order valence-corrected chi connectivity index (χ3v) is 2.91. The standard InChI is InChI=1S/C12H13BrF3N/c1-7(2)11(17-3)9-5-4-8(13)6-10(9)12(14,15)16/h4-6,11,17H,1H2,2-3H3. The molecule has 0 saturated carbocycles. The molecule has 1 nitrogen and oxygen atoms in total. The topological polar surface area (TPSA) is 12.0 Å². The van der Waals surface area contributed by atoms with Crippen molar-refractivity contribution in [2.24, 2.45) is 0 Å². The minimum absolute atomic E-state index is 0.190. The zero-order valence-corrected chi connectivity index (χ0v) is 11.1. The van der Waals surface area contributed by atoms with Gasteiger partial charge in [0.2, 0.25) is 0 Å². The molecule has 1 N–H and O–H groups in total. The van der Waals surface area contributed by atoms with Gasteiger partial charge in [0.15, 0.2) is 0 Å². The number of likely N-dealkylation sites (N-methyl/N-ethyl adjacent to an activating group) is 1. The summed E-state index contributed by atoms with van der Waals surface area (Å²) in [6.07, 6.45) is -4.37. The fraction of sp³-hybridized carbons (Fsp3) is 0.333. The summed E-state index contributed by atoms with van der Waals surface area (Å²) in [4.78, 5) is 0. The van der Waals surface area contributed by atoms with Crippen molar-refractivity contribution in [2.75, 3.05) is 7.05 Å². The van der Waals surface area contributed by atoms with E-state index in [0.29, 0.717) is 10.0 Å². The van der Waals surface area contributed by atoms with Crippen molar-refractivity contribution < 1.29 is 13.2 Å². The average Bonchev–Trinajstić information content (AvgIpc) is 2.19. The Morgan fingerprint density at radius 3 is 2.41 bits per heavy atom. The molecule has 0 radical (unpaired) electrons. The molecule has 0 spiro atoms. The molecule has 1 atom stereocenters. The molecule has 1 aromatic rings. The van der Waals surface area contributed by atoms with Crippen molar-refractivity contribution in [1.82, 2.24) is 5.32 Å². The van der Waals surface area contributed by atoms with Gasteiger partial charge in [-0.15, -0.1) is 0 Å². The second-order valence-corrected chi connectivity index (χ2v) is 4.71. The lowest BCUT2D eigenvalue weighted by atomic mass is 9.96. The summed E-state index contributed by atoms with van der Waals surface area (Å²) in [5.74, 6) is 0. The van der Waals surface area contributed by atoms with Gasteiger partial charge in [0.1, 0.15) is 0 Å². The highest BCUT2D eigenvalue weighted by atomic mass is 79.9. The molecule has 0 amide bonds. The van der Waals surface area contributed by atoms with Crippen molar-refractivity contribution in [3.8, 4) is 0 Å². The molecule has 1 unspecified atom stereocenters. The predicted molar refractivity (Wildman–Crippen MR) is 65.8 cm³/mol. The molecule has 0 aliphatic carbocycles. The van der Waals surface area contributed by atoms with Crippen LogP contribution in [-0.2, 0) is 6.18 Å². The van der Waals surface area contributed by atoms with Crippen LogP contribution in [0.4, 0.5) is 13.2 Å². The van der Waals surface area contributed by atoms with Gasteiger partial charge in [-0.2, -0.15) is 13.2 Å². The predicted octanol–water partition coefficient (Wildman–Crippen LogP) is 4.30. The maximum absolute atomic E-state index is 12.9. The SMILES string of the molecule is C=C(C)C(NC)c1ccc(Br)cc1C(F)(F)F. The molecule has 0 bridgehead atoms. The summed E-state index contributed by atoms with van der Waals surface area (Å²) in [6, 6.07) is 3.64. The van der Waals surface area contributed by atoms with Gasteiger partial charge in [-0.3, -0.25) is 0 Å². The third kappa shape index (κ3) is 3.33. The van der Waals surface area contributed by atoms with Crippen LogP contribution in [0.2, 0.25) is 0 Å². The Bertz CT molecular complexity index is 426. The number of hydrogen-bond acceptors (Lipinski definition) is 1. The first-order chi connectivity index (χ1) is 7.77. The Balaban J connectivity index is 3.37. The number of alkyl halides is 3. The van der Waals surface area contributed by atoms with Gasteiger partial charge in [0.05, 0.1) is 11.6 Å². The van der Waals surface area contributed by atoms with Gasteiger partial charge in [-0.1, -0.05) is 34.1 Å². The second-order valence-electron chi connectivity index (χ2n) is 3.80. The van der Waals surface area contributed by atoms with Gasteiger partial charge in [0.25, 0.3) is 0 Å². The number of hydrogen-bond donors (Lipinski definition) is 1. The van der Waals surface area contributed by atoms with Crippen molar-refractivity contribution in [3.63, 3.8) is 0 Å². The molecule has 0 aliphatic heterocycles. The van der Waals surface area contributed by atoms with E-state index in [1.54, 1.807) is 20.0 Å².